The number of rotatable bonds is 18. The Kier molecular flexibility index (Phi) is 20.4. The van der Waals surface area contributed by atoms with Gasteiger partial charge in [0.25, 0.3) is 0 Å². The zero-order valence-electron chi connectivity index (χ0n) is 25.4. The SMILES string of the molecule is C=C(CS(=O)(=O)c1ccc(C)cc1)C(=O)O.C=C(CS(=O)(=O)c1ccc(C)cc1)C(=O)O.OCCOCCOCCOCCO. The summed E-state index contributed by atoms with van der Waals surface area (Å²) in [7, 11) is -7.20. The van der Waals surface area contributed by atoms with Crippen molar-refractivity contribution in [3.05, 3.63) is 84.0 Å². The predicted molar refractivity (Wildman–Crippen MR) is 167 cm³/mol. The summed E-state index contributed by atoms with van der Waals surface area (Å²) in [5.74, 6) is -3.72. The van der Waals surface area contributed by atoms with Crippen LogP contribution in [0.5, 0.6) is 0 Å². The molecule has 2 aromatic rings. The number of hydrogen-bond donors (Lipinski definition) is 4. The summed E-state index contributed by atoms with van der Waals surface area (Å²) in [6.45, 7) is 12.9. The molecule has 2 rings (SSSR count). The van der Waals surface area contributed by atoms with Gasteiger partial charge in [-0.3, -0.25) is 0 Å². The number of carboxylic acids is 2. The third kappa shape index (κ3) is 18.9. The second-order valence-electron chi connectivity index (χ2n) is 9.25. The van der Waals surface area contributed by atoms with E-state index in [1.54, 1.807) is 24.3 Å². The number of aliphatic hydroxyl groups is 2. The maximum atomic E-state index is 11.7. The van der Waals surface area contributed by atoms with Gasteiger partial charge in [-0.2, -0.15) is 0 Å². The lowest BCUT2D eigenvalue weighted by Gasteiger charge is -2.04. The minimum absolute atomic E-state index is 0.0413. The van der Waals surface area contributed by atoms with Crippen LogP contribution in [0.1, 0.15) is 11.1 Å². The summed E-state index contributed by atoms with van der Waals surface area (Å²) in [4.78, 5) is 21.2. The fourth-order valence-electron chi connectivity index (χ4n) is 2.91. The maximum absolute atomic E-state index is 11.7. The summed E-state index contributed by atoms with van der Waals surface area (Å²) in [6.07, 6.45) is 0. The Morgan fingerprint density at radius 3 is 1.09 bits per heavy atom. The van der Waals surface area contributed by atoms with Crippen molar-refractivity contribution in [2.75, 3.05) is 64.4 Å². The highest BCUT2D eigenvalue weighted by Gasteiger charge is 2.20. The molecule has 0 aliphatic rings. The molecule has 0 unspecified atom stereocenters. The van der Waals surface area contributed by atoms with E-state index in [1.165, 1.54) is 24.3 Å². The van der Waals surface area contributed by atoms with E-state index < -0.39 is 43.1 Å². The first-order chi connectivity index (χ1) is 21.1. The first kappa shape index (κ1) is 41.6. The molecule has 0 spiro atoms. The highest BCUT2D eigenvalue weighted by Crippen LogP contribution is 2.15. The molecule has 0 saturated carbocycles. The number of hydrogen-bond acceptors (Lipinski definition) is 11. The lowest BCUT2D eigenvalue weighted by Crippen LogP contribution is -2.13. The second-order valence-corrected chi connectivity index (χ2v) is 13.2. The summed E-state index contributed by atoms with van der Waals surface area (Å²) in [6, 6.07) is 12.5. The lowest BCUT2D eigenvalue weighted by molar-refractivity contribution is -0.133. The number of aliphatic carboxylic acids is 2. The summed E-state index contributed by atoms with van der Waals surface area (Å²) >= 11 is 0. The Hall–Kier alpha value is -3.44. The summed E-state index contributed by atoms with van der Waals surface area (Å²) < 4.78 is 62.0. The van der Waals surface area contributed by atoms with Gasteiger partial charge in [0.2, 0.25) is 0 Å². The Balaban J connectivity index is 0.000000651. The maximum Gasteiger partial charge on any atom is 0.332 e. The van der Waals surface area contributed by atoms with Crippen LogP contribution in [0, 0.1) is 13.8 Å². The molecule has 0 aliphatic carbocycles. The van der Waals surface area contributed by atoms with E-state index in [2.05, 4.69) is 13.2 Å². The fourth-order valence-corrected chi connectivity index (χ4v) is 5.51. The van der Waals surface area contributed by atoms with E-state index in [4.69, 9.17) is 34.6 Å². The number of sulfone groups is 2. The van der Waals surface area contributed by atoms with Crippen molar-refractivity contribution in [2.45, 2.75) is 23.6 Å². The van der Waals surface area contributed by atoms with Crippen LogP contribution < -0.4 is 0 Å². The summed E-state index contributed by atoms with van der Waals surface area (Å²) in [5, 5.41) is 33.9. The van der Waals surface area contributed by atoms with E-state index in [0.717, 1.165) is 11.1 Å². The van der Waals surface area contributed by atoms with Gasteiger partial charge in [0.1, 0.15) is 0 Å². The second kappa shape index (κ2) is 22.1. The van der Waals surface area contributed by atoms with Crippen molar-refractivity contribution in [1.82, 2.24) is 0 Å². The number of benzene rings is 2. The van der Waals surface area contributed by atoms with Crippen LogP contribution in [-0.2, 0) is 43.5 Å². The van der Waals surface area contributed by atoms with Gasteiger partial charge < -0.3 is 34.6 Å². The molecule has 0 fully saturated rings. The van der Waals surface area contributed by atoms with Gasteiger partial charge in [-0.05, 0) is 38.1 Å². The van der Waals surface area contributed by atoms with Gasteiger partial charge >= 0.3 is 11.9 Å². The zero-order valence-corrected chi connectivity index (χ0v) is 27.0. The van der Waals surface area contributed by atoms with E-state index in [9.17, 15) is 26.4 Å². The number of carbonyl (C=O) groups is 2. The fraction of sp³-hybridized carbons (Fsp3) is 0.400. The van der Waals surface area contributed by atoms with Gasteiger partial charge in [0.15, 0.2) is 19.7 Å². The standard InChI is InChI=1S/2C11H12O4S.C8H18O5/c2*1-8-3-5-10(6-4-8)16(14,15)7-9(2)11(12)13;9-1-3-11-5-7-13-8-6-12-4-2-10/h2*3-6H,2,7H2,1H3,(H,12,13);9-10H,1-8H2. The van der Waals surface area contributed by atoms with Crippen molar-refractivity contribution in [3.63, 3.8) is 0 Å². The molecule has 2 aromatic carbocycles. The lowest BCUT2D eigenvalue weighted by atomic mass is 10.2. The van der Waals surface area contributed by atoms with Crippen molar-refractivity contribution in [2.24, 2.45) is 0 Å². The molecule has 252 valence electrons. The Bertz CT molecular complexity index is 1310. The van der Waals surface area contributed by atoms with Crippen LogP contribution in [0.15, 0.2) is 82.6 Å². The summed E-state index contributed by atoms with van der Waals surface area (Å²) in [5.41, 5.74) is 1.22. The quantitative estimate of drug-likeness (QED) is 0.132. The minimum Gasteiger partial charge on any atom is -0.478 e. The third-order valence-electron chi connectivity index (χ3n) is 5.31. The molecule has 0 saturated heterocycles. The Morgan fingerprint density at radius 2 is 0.844 bits per heavy atom. The van der Waals surface area contributed by atoms with Crippen LogP contribution in [0.3, 0.4) is 0 Å². The molecule has 0 aliphatic heterocycles. The van der Waals surface area contributed by atoms with Crippen LogP contribution in [-0.4, -0.2) is 114 Å². The van der Waals surface area contributed by atoms with Crippen LogP contribution in [0.2, 0.25) is 0 Å². The van der Waals surface area contributed by atoms with Crippen molar-refractivity contribution >= 4 is 31.6 Å². The normalized spacial score (nSPS) is 10.9. The monoisotopic (exact) mass is 674 g/mol. The van der Waals surface area contributed by atoms with Gasteiger partial charge in [0, 0.05) is 11.1 Å². The van der Waals surface area contributed by atoms with E-state index in [-0.39, 0.29) is 34.2 Å². The number of carboxylic acid groups (broad SMARTS) is 2. The zero-order chi connectivity index (χ0) is 34.5. The highest BCUT2D eigenvalue weighted by molar-refractivity contribution is 7.92. The number of ether oxygens (including phenoxy) is 3. The molecule has 15 heteroatoms. The van der Waals surface area contributed by atoms with Crippen molar-refractivity contribution in [1.29, 1.82) is 0 Å². The van der Waals surface area contributed by atoms with Crippen LogP contribution in [0.25, 0.3) is 0 Å². The average Bonchev–Trinajstić information content (AvgIpc) is 2.97. The molecule has 45 heavy (non-hydrogen) atoms. The molecular formula is C30H42O13S2. The predicted octanol–water partition coefficient (Wildman–Crippen LogP) is 1.84. The van der Waals surface area contributed by atoms with Gasteiger partial charge in [-0.25, -0.2) is 26.4 Å². The van der Waals surface area contributed by atoms with Gasteiger partial charge in [-0.15, -0.1) is 0 Å². The molecule has 0 bridgehead atoms. The van der Waals surface area contributed by atoms with E-state index >= 15 is 0 Å². The van der Waals surface area contributed by atoms with Crippen LogP contribution >= 0.6 is 0 Å². The smallest absolute Gasteiger partial charge is 0.332 e. The van der Waals surface area contributed by atoms with Crippen LogP contribution in [0.4, 0.5) is 0 Å². The molecule has 0 radical (unpaired) electrons. The van der Waals surface area contributed by atoms with Crippen molar-refractivity contribution < 1.29 is 61.1 Å². The molecule has 0 atom stereocenters. The molecule has 0 heterocycles. The highest BCUT2D eigenvalue weighted by atomic mass is 32.2. The molecule has 0 aromatic heterocycles. The van der Waals surface area contributed by atoms with Gasteiger partial charge in [-0.1, -0.05) is 48.6 Å². The Morgan fingerprint density at radius 1 is 0.578 bits per heavy atom. The molecular weight excluding hydrogens is 632 g/mol. The van der Waals surface area contributed by atoms with E-state index in [0.29, 0.717) is 39.6 Å². The first-order valence-electron chi connectivity index (χ1n) is 13.4. The van der Waals surface area contributed by atoms with E-state index in [1.807, 2.05) is 13.8 Å². The number of aliphatic hydroxyl groups excluding tert-OH is 2. The topological polar surface area (TPSA) is 211 Å². The third-order valence-corrected chi connectivity index (χ3v) is 8.75. The average molecular weight is 675 g/mol. The molecule has 13 nitrogen and oxygen atoms in total. The van der Waals surface area contributed by atoms with Crippen molar-refractivity contribution in [3.8, 4) is 0 Å². The molecule has 4 N–H and O–H groups in total. The van der Waals surface area contributed by atoms with Gasteiger partial charge in [0.05, 0.1) is 74.2 Å². The number of aryl methyl sites for hydroxylation is 2. The first-order valence-corrected chi connectivity index (χ1v) is 16.7. The Labute approximate surface area is 264 Å². The largest absolute Gasteiger partial charge is 0.478 e. The minimum atomic E-state index is -3.60. The molecule has 0 amide bonds.